The first-order valence-corrected chi connectivity index (χ1v) is 16.7. The molecule has 1 aliphatic heterocycles. The summed E-state index contributed by atoms with van der Waals surface area (Å²) in [7, 11) is 0. The average molecular weight is 589 g/mol. The van der Waals surface area contributed by atoms with Gasteiger partial charge < -0.3 is 29.9 Å². The molecule has 4 N–H and O–H groups in total. The van der Waals surface area contributed by atoms with Crippen LogP contribution in [0.15, 0.2) is 12.2 Å². The molecule has 0 bridgehead atoms. The first-order chi connectivity index (χ1) is 19.5. The Morgan fingerprint density at radius 3 is 2.21 bits per heavy atom. The summed E-state index contributed by atoms with van der Waals surface area (Å²) < 4.78 is 12.2. The molecule has 4 saturated carbocycles. The molecule has 7 heteroatoms. The summed E-state index contributed by atoms with van der Waals surface area (Å²) >= 11 is 0. The van der Waals surface area contributed by atoms with Crippen LogP contribution in [0.3, 0.4) is 0 Å². The maximum Gasteiger partial charge on any atom is 0.309 e. The molecule has 0 aromatic heterocycles. The summed E-state index contributed by atoms with van der Waals surface area (Å²) in [6.07, 6.45) is 9.35. The van der Waals surface area contributed by atoms with Gasteiger partial charge in [0.1, 0.15) is 18.3 Å². The van der Waals surface area contributed by atoms with E-state index in [1.54, 1.807) is 0 Å². The lowest BCUT2D eigenvalue weighted by Crippen LogP contribution is -2.66. The molecule has 238 valence electrons. The topological polar surface area (TPSA) is 116 Å². The minimum absolute atomic E-state index is 0.0478. The van der Waals surface area contributed by atoms with Gasteiger partial charge in [0.2, 0.25) is 0 Å². The molecule has 5 fully saturated rings. The summed E-state index contributed by atoms with van der Waals surface area (Å²) in [5, 5.41) is 41.0. The Labute approximate surface area is 252 Å². The lowest BCUT2D eigenvalue weighted by atomic mass is 9.33. The third kappa shape index (κ3) is 4.05. The van der Waals surface area contributed by atoms with Crippen LogP contribution in [0.4, 0.5) is 0 Å². The number of hydrogen-bond donors (Lipinski definition) is 4. The fourth-order valence-corrected chi connectivity index (χ4v) is 12.1. The number of carbonyl (C=O) groups is 1. The van der Waals surface area contributed by atoms with Crippen molar-refractivity contribution in [1.29, 1.82) is 0 Å². The van der Waals surface area contributed by atoms with Crippen molar-refractivity contribution in [3.63, 3.8) is 0 Å². The zero-order valence-corrected chi connectivity index (χ0v) is 26.9. The molecule has 0 amide bonds. The third-order valence-corrected chi connectivity index (χ3v) is 14.8. The number of ether oxygens (including phenoxy) is 2. The first kappa shape index (κ1) is 31.0. The van der Waals surface area contributed by atoms with E-state index in [0.29, 0.717) is 11.8 Å². The van der Waals surface area contributed by atoms with Crippen LogP contribution in [0.1, 0.15) is 106 Å². The fourth-order valence-electron chi connectivity index (χ4n) is 12.1. The average Bonchev–Trinajstić information content (AvgIpc) is 3.18. The van der Waals surface area contributed by atoms with Crippen LogP contribution in [-0.4, -0.2) is 63.7 Å². The summed E-state index contributed by atoms with van der Waals surface area (Å²) in [4.78, 5) is 12.9. The Bertz CT molecular complexity index is 1120. The smallest absolute Gasteiger partial charge is 0.309 e. The van der Waals surface area contributed by atoms with Gasteiger partial charge in [0, 0.05) is 0 Å². The molecule has 6 aliphatic rings. The van der Waals surface area contributed by atoms with Crippen LogP contribution in [0, 0.1) is 56.2 Å². The number of carboxylic acids is 1. The van der Waals surface area contributed by atoms with Crippen molar-refractivity contribution in [2.45, 2.75) is 137 Å². The maximum absolute atomic E-state index is 12.9. The van der Waals surface area contributed by atoms with Gasteiger partial charge in [0.15, 0.2) is 6.29 Å². The van der Waals surface area contributed by atoms with Crippen LogP contribution >= 0.6 is 0 Å². The second-order valence-corrected chi connectivity index (χ2v) is 17.4. The molecule has 7 nitrogen and oxygen atoms in total. The number of aliphatic hydroxyl groups is 3. The van der Waals surface area contributed by atoms with Crippen LogP contribution in [0.2, 0.25) is 0 Å². The maximum atomic E-state index is 12.9. The summed E-state index contributed by atoms with van der Waals surface area (Å²) in [6, 6.07) is 0. The quantitative estimate of drug-likeness (QED) is 0.318. The van der Waals surface area contributed by atoms with Crippen LogP contribution in [-0.2, 0) is 14.3 Å². The Morgan fingerprint density at radius 1 is 0.881 bits per heavy atom. The highest BCUT2D eigenvalue weighted by atomic mass is 16.7. The molecule has 13 atom stereocenters. The van der Waals surface area contributed by atoms with Crippen LogP contribution in [0.25, 0.3) is 0 Å². The molecule has 0 unspecified atom stereocenters. The number of fused-ring (bicyclic) bond motifs is 7. The van der Waals surface area contributed by atoms with Gasteiger partial charge in [-0.05, 0) is 109 Å². The molecule has 6 rings (SSSR count). The normalized spacial score (nSPS) is 54.3. The van der Waals surface area contributed by atoms with Crippen LogP contribution < -0.4 is 0 Å². The zero-order chi connectivity index (χ0) is 30.7. The number of rotatable bonds is 4. The molecule has 5 aliphatic carbocycles. The number of aliphatic carboxylic acids is 1. The number of hydrogen-bond acceptors (Lipinski definition) is 6. The molecular weight excluding hydrogens is 532 g/mol. The standard InChI is InChI=1S/C35H56O7/c1-30(2)14-16-35(29(39)40)17-15-33(6)20(21(35)18-30)8-9-24-32(5)12-11-25(31(3,4)23(32)10-13-34(24,33)7)42-28-27(38)26(37)22(19-36)41-28/h8-9,20-28,36-38H,10-19H2,1-7H3,(H,39,40)/t20-,21+,22+,23+,24+,25-,26+,27-,28+,32-,33+,34+,35-/m0/s1. The van der Waals surface area contributed by atoms with Crippen molar-refractivity contribution < 1.29 is 34.7 Å². The minimum atomic E-state index is -1.17. The molecule has 1 saturated heterocycles. The minimum Gasteiger partial charge on any atom is -0.481 e. The van der Waals surface area contributed by atoms with E-state index in [9.17, 15) is 25.2 Å². The zero-order valence-electron chi connectivity index (χ0n) is 26.9. The van der Waals surface area contributed by atoms with Gasteiger partial charge in [-0.15, -0.1) is 0 Å². The molecular formula is C35H56O7. The highest BCUT2D eigenvalue weighted by Crippen LogP contribution is 2.75. The van der Waals surface area contributed by atoms with E-state index in [1.165, 1.54) is 0 Å². The van der Waals surface area contributed by atoms with E-state index in [1.807, 2.05) is 0 Å². The van der Waals surface area contributed by atoms with E-state index >= 15 is 0 Å². The van der Waals surface area contributed by atoms with E-state index in [0.717, 1.165) is 57.8 Å². The monoisotopic (exact) mass is 588 g/mol. The molecule has 0 aromatic carbocycles. The number of aliphatic hydroxyl groups excluding tert-OH is 3. The molecule has 0 spiro atoms. The lowest BCUT2D eigenvalue weighted by molar-refractivity contribution is -0.261. The van der Waals surface area contributed by atoms with E-state index in [-0.39, 0.29) is 51.6 Å². The molecule has 1 heterocycles. The largest absolute Gasteiger partial charge is 0.481 e. The van der Waals surface area contributed by atoms with Crippen molar-refractivity contribution in [3.05, 3.63) is 12.2 Å². The highest BCUT2D eigenvalue weighted by molar-refractivity contribution is 5.75. The SMILES string of the molecule is CC1(C)CC[C@]2(C(=O)O)CC[C@]3(C)[C@@H](C=C[C@@H]4[C@@]5(C)CC[C@H](O[C@H]6O[C@H](CO)[C@@H](O)[C@@H]6O)C(C)(C)[C@H]5CC[C@]43C)[C@H]2C1. The molecule has 0 aromatic rings. The van der Waals surface area contributed by atoms with Gasteiger partial charge >= 0.3 is 5.97 Å². The van der Waals surface area contributed by atoms with Crippen molar-refractivity contribution in [2.24, 2.45) is 56.2 Å². The Kier molecular flexibility index (Phi) is 7.20. The van der Waals surface area contributed by atoms with E-state index in [2.05, 4.69) is 60.6 Å². The van der Waals surface area contributed by atoms with E-state index < -0.39 is 36.0 Å². The summed E-state index contributed by atoms with van der Waals surface area (Å²) in [5.41, 5.74) is -0.409. The van der Waals surface area contributed by atoms with Crippen LogP contribution in [0.5, 0.6) is 0 Å². The fraction of sp³-hybridized carbons (Fsp3) is 0.914. The van der Waals surface area contributed by atoms with Crippen molar-refractivity contribution >= 4 is 5.97 Å². The Hall–Kier alpha value is -0.990. The summed E-state index contributed by atoms with van der Waals surface area (Å²) in [6.45, 7) is 16.4. The van der Waals surface area contributed by atoms with Gasteiger partial charge in [0.05, 0.1) is 18.1 Å². The van der Waals surface area contributed by atoms with Crippen molar-refractivity contribution in [3.8, 4) is 0 Å². The molecule has 0 radical (unpaired) electrons. The number of allylic oxidation sites excluding steroid dienone is 2. The van der Waals surface area contributed by atoms with Crippen molar-refractivity contribution in [2.75, 3.05) is 6.61 Å². The highest BCUT2D eigenvalue weighted by Gasteiger charge is 2.70. The van der Waals surface area contributed by atoms with Gasteiger partial charge in [-0.25, -0.2) is 0 Å². The predicted molar refractivity (Wildman–Crippen MR) is 159 cm³/mol. The van der Waals surface area contributed by atoms with Gasteiger partial charge in [-0.1, -0.05) is 60.6 Å². The lowest BCUT2D eigenvalue weighted by Gasteiger charge is -2.71. The third-order valence-electron chi connectivity index (χ3n) is 14.8. The first-order valence-electron chi connectivity index (χ1n) is 16.7. The number of carboxylic acid groups (broad SMARTS) is 1. The van der Waals surface area contributed by atoms with Gasteiger partial charge in [0.25, 0.3) is 0 Å². The Balaban J connectivity index is 1.30. The van der Waals surface area contributed by atoms with Gasteiger partial charge in [-0.2, -0.15) is 0 Å². The second kappa shape index (κ2) is 9.75. The molecule has 42 heavy (non-hydrogen) atoms. The van der Waals surface area contributed by atoms with Gasteiger partial charge in [-0.3, -0.25) is 4.79 Å². The Morgan fingerprint density at radius 2 is 1.57 bits per heavy atom. The second-order valence-electron chi connectivity index (χ2n) is 17.4. The predicted octanol–water partition coefficient (Wildman–Crippen LogP) is 5.55. The van der Waals surface area contributed by atoms with Crippen molar-refractivity contribution in [1.82, 2.24) is 0 Å². The summed E-state index contributed by atoms with van der Waals surface area (Å²) in [5.74, 6) is 0.680. The van der Waals surface area contributed by atoms with E-state index in [4.69, 9.17) is 9.47 Å².